The molecule has 0 radical (unpaired) electrons. The third-order valence-electron chi connectivity index (χ3n) is 2.76. The summed E-state index contributed by atoms with van der Waals surface area (Å²) in [6.07, 6.45) is 5.39. The number of hydrogen-bond acceptors (Lipinski definition) is 2. The highest BCUT2D eigenvalue weighted by Gasteiger charge is 2.27. The molecule has 80 valence electrons. The fourth-order valence-electron chi connectivity index (χ4n) is 1.31. The van der Waals surface area contributed by atoms with E-state index in [1.54, 1.807) is 6.92 Å². The van der Waals surface area contributed by atoms with Gasteiger partial charge in [-0.2, -0.15) is 0 Å². The fraction of sp³-hybridized carbons (Fsp3) is 1.00. The van der Waals surface area contributed by atoms with Crippen LogP contribution in [0.3, 0.4) is 0 Å². The molecule has 0 aromatic heterocycles. The van der Waals surface area contributed by atoms with Gasteiger partial charge in [0, 0.05) is 0 Å². The van der Waals surface area contributed by atoms with Gasteiger partial charge in [-0.25, -0.2) is 0 Å². The number of aliphatic hydroxyl groups is 2. The van der Waals surface area contributed by atoms with Crippen molar-refractivity contribution in [3.63, 3.8) is 0 Å². The van der Waals surface area contributed by atoms with Crippen molar-refractivity contribution in [1.29, 1.82) is 0 Å². The van der Waals surface area contributed by atoms with Gasteiger partial charge in [-0.05, 0) is 19.8 Å². The van der Waals surface area contributed by atoms with Crippen LogP contribution in [0.15, 0.2) is 0 Å². The number of unbranched alkanes of at least 4 members (excludes halogenated alkanes) is 3. The van der Waals surface area contributed by atoms with E-state index >= 15 is 0 Å². The Morgan fingerprint density at radius 2 is 1.77 bits per heavy atom. The lowest BCUT2D eigenvalue weighted by Crippen LogP contribution is -2.38. The summed E-state index contributed by atoms with van der Waals surface area (Å²) in [4.78, 5) is 0. The maximum absolute atomic E-state index is 9.70. The van der Waals surface area contributed by atoms with Gasteiger partial charge in [0.05, 0.1) is 11.7 Å². The van der Waals surface area contributed by atoms with Crippen LogP contribution in [0.25, 0.3) is 0 Å². The zero-order chi connectivity index (χ0) is 10.3. The van der Waals surface area contributed by atoms with E-state index in [0.717, 1.165) is 19.3 Å². The smallest absolute Gasteiger partial charge is 0.0874 e. The van der Waals surface area contributed by atoms with E-state index in [2.05, 4.69) is 6.92 Å². The van der Waals surface area contributed by atoms with Crippen LogP contribution in [-0.4, -0.2) is 21.9 Å². The zero-order valence-corrected chi connectivity index (χ0v) is 9.21. The lowest BCUT2D eigenvalue weighted by atomic mass is 9.92. The van der Waals surface area contributed by atoms with Gasteiger partial charge in [0.15, 0.2) is 0 Å². The molecule has 0 bridgehead atoms. The van der Waals surface area contributed by atoms with Crippen LogP contribution in [0.1, 0.15) is 59.3 Å². The van der Waals surface area contributed by atoms with Crippen molar-refractivity contribution in [3.8, 4) is 0 Å². The first kappa shape index (κ1) is 12.9. The van der Waals surface area contributed by atoms with Gasteiger partial charge in [0.1, 0.15) is 0 Å². The van der Waals surface area contributed by atoms with Crippen LogP contribution in [0, 0.1) is 0 Å². The molecule has 0 spiro atoms. The van der Waals surface area contributed by atoms with E-state index in [9.17, 15) is 10.2 Å². The highest BCUT2D eigenvalue weighted by Crippen LogP contribution is 2.19. The average Bonchev–Trinajstić information content (AvgIpc) is 2.12. The number of aliphatic hydroxyl groups excluding tert-OH is 1. The van der Waals surface area contributed by atoms with E-state index in [1.807, 2.05) is 6.92 Å². The third-order valence-corrected chi connectivity index (χ3v) is 2.76. The highest BCUT2D eigenvalue weighted by atomic mass is 16.3. The summed E-state index contributed by atoms with van der Waals surface area (Å²) in [5.74, 6) is 0. The highest BCUT2D eigenvalue weighted by molar-refractivity contribution is 4.79. The summed E-state index contributed by atoms with van der Waals surface area (Å²) < 4.78 is 0. The first-order valence-electron chi connectivity index (χ1n) is 5.45. The van der Waals surface area contributed by atoms with E-state index < -0.39 is 11.7 Å². The molecule has 0 fully saturated rings. The minimum Gasteiger partial charge on any atom is -0.390 e. The van der Waals surface area contributed by atoms with Crippen LogP contribution in [0.4, 0.5) is 0 Å². The monoisotopic (exact) mass is 188 g/mol. The molecular formula is C11H24O2. The van der Waals surface area contributed by atoms with Crippen molar-refractivity contribution in [2.75, 3.05) is 0 Å². The number of rotatable bonds is 7. The Labute approximate surface area is 82.0 Å². The first-order valence-corrected chi connectivity index (χ1v) is 5.45. The van der Waals surface area contributed by atoms with Crippen LogP contribution in [0.2, 0.25) is 0 Å². The van der Waals surface area contributed by atoms with Crippen LogP contribution in [-0.2, 0) is 0 Å². The molecule has 0 aromatic rings. The SMILES string of the molecule is CCCCCCC(O)C(C)(O)CC. The Balaban J connectivity index is 3.55. The Hall–Kier alpha value is -0.0800. The topological polar surface area (TPSA) is 40.5 Å². The lowest BCUT2D eigenvalue weighted by molar-refractivity contribution is -0.0678. The molecule has 0 amide bonds. The molecule has 0 saturated heterocycles. The molecule has 13 heavy (non-hydrogen) atoms. The second-order valence-corrected chi connectivity index (χ2v) is 4.08. The van der Waals surface area contributed by atoms with Gasteiger partial charge in [-0.3, -0.25) is 0 Å². The molecule has 2 N–H and O–H groups in total. The minimum absolute atomic E-state index is 0.561. The van der Waals surface area contributed by atoms with Crippen LogP contribution < -0.4 is 0 Å². The Morgan fingerprint density at radius 3 is 2.23 bits per heavy atom. The second kappa shape index (κ2) is 6.39. The molecule has 0 aromatic carbocycles. The number of hydrogen-bond donors (Lipinski definition) is 2. The van der Waals surface area contributed by atoms with Gasteiger partial charge in [-0.15, -0.1) is 0 Å². The molecule has 0 rings (SSSR count). The van der Waals surface area contributed by atoms with Gasteiger partial charge < -0.3 is 10.2 Å². The molecule has 0 aliphatic carbocycles. The Morgan fingerprint density at radius 1 is 1.15 bits per heavy atom. The Bertz CT molecular complexity index is 121. The largest absolute Gasteiger partial charge is 0.390 e. The maximum Gasteiger partial charge on any atom is 0.0874 e. The molecule has 2 heteroatoms. The van der Waals surface area contributed by atoms with E-state index in [0.29, 0.717) is 6.42 Å². The molecule has 0 heterocycles. The summed E-state index contributed by atoms with van der Waals surface area (Å²) in [6.45, 7) is 5.77. The van der Waals surface area contributed by atoms with Gasteiger partial charge in [-0.1, -0.05) is 39.5 Å². The fourth-order valence-corrected chi connectivity index (χ4v) is 1.31. The third kappa shape index (κ3) is 5.27. The zero-order valence-electron chi connectivity index (χ0n) is 9.21. The quantitative estimate of drug-likeness (QED) is 0.603. The van der Waals surface area contributed by atoms with Gasteiger partial charge >= 0.3 is 0 Å². The predicted molar refractivity (Wildman–Crippen MR) is 55.7 cm³/mol. The summed E-state index contributed by atoms with van der Waals surface area (Å²) in [6, 6.07) is 0. The van der Waals surface area contributed by atoms with Crippen molar-refractivity contribution in [1.82, 2.24) is 0 Å². The van der Waals surface area contributed by atoms with Crippen molar-refractivity contribution < 1.29 is 10.2 Å². The maximum atomic E-state index is 9.70. The molecule has 0 aliphatic rings. The standard InChI is InChI=1S/C11H24O2/c1-4-6-7-8-9-10(12)11(3,13)5-2/h10,12-13H,4-9H2,1-3H3. The van der Waals surface area contributed by atoms with Crippen molar-refractivity contribution in [3.05, 3.63) is 0 Å². The molecule has 2 nitrogen and oxygen atoms in total. The Kier molecular flexibility index (Phi) is 6.35. The molecule has 0 saturated carbocycles. The molecular weight excluding hydrogens is 164 g/mol. The molecule has 0 aliphatic heterocycles. The van der Waals surface area contributed by atoms with Crippen LogP contribution >= 0.6 is 0 Å². The molecule has 2 unspecified atom stereocenters. The summed E-state index contributed by atoms with van der Waals surface area (Å²) in [7, 11) is 0. The van der Waals surface area contributed by atoms with E-state index in [-0.39, 0.29) is 0 Å². The lowest BCUT2D eigenvalue weighted by Gasteiger charge is -2.27. The summed E-state index contributed by atoms with van der Waals surface area (Å²) in [5.41, 5.74) is -0.897. The van der Waals surface area contributed by atoms with Crippen LogP contribution in [0.5, 0.6) is 0 Å². The second-order valence-electron chi connectivity index (χ2n) is 4.08. The normalized spacial score (nSPS) is 18.2. The first-order chi connectivity index (χ1) is 6.04. The van der Waals surface area contributed by atoms with Crippen molar-refractivity contribution in [2.45, 2.75) is 71.0 Å². The van der Waals surface area contributed by atoms with E-state index in [1.165, 1.54) is 12.8 Å². The predicted octanol–water partition coefficient (Wildman–Crippen LogP) is 2.48. The van der Waals surface area contributed by atoms with E-state index in [4.69, 9.17) is 0 Å². The van der Waals surface area contributed by atoms with Gasteiger partial charge in [0.25, 0.3) is 0 Å². The van der Waals surface area contributed by atoms with Crippen molar-refractivity contribution >= 4 is 0 Å². The summed E-state index contributed by atoms with van der Waals surface area (Å²) in [5, 5.41) is 19.3. The van der Waals surface area contributed by atoms with Gasteiger partial charge in [0.2, 0.25) is 0 Å². The summed E-state index contributed by atoms with van der Waals surface area (Å²) >= 11 is 0. The average molecular weight is 188 g/mol. The molecule has 2 atom stereocenters. The van der Waals surface area contributed by atoms with Crippen molar-refractivity contribution in [2.24, 2.45) is 0 Å². The minimum atomic E-state index is -0.897.